The Morgan fingerprint density at radius 1 is 1.31 bits per heavy atom. The molecule has 4 rings (SSSR count). The van der Waals surface area contributed by atoms with Crippen LogP contribution >= 0.6 is 11.8 Å². The minimum Gasteiger partial charge on any atom is -0.389 e. The molecule has 0 saturated carbocycles. The van der Waals surface area contributed by atoms with Crippen molar-refractivity contribution >= 4 is 17.7 Å². The van der Waals surface area contributed by atoms with Gasteiger partial charge >= 0.3 is 0 Å². The topological polar surface area (TPSA) is 79.9 Å². The van der Waals surface area contributed by atoms with Gasteiger partial charge in [0.2, 0.25) is 5.91 Å². The van der Waals surface area contributed by atoms with Gasteiger partial charge in [-0.25, -0.2) is 0 Å². The molecule has 4 heterocycles. The molecule has 6 atom stereocenters. The van der Waals surface area contributed by atoms with Gasteiger partial charge in [0.1, 0.15) is 5.50 Å². The number of rotatable bonds is 1. The molecule has 26 heavy (non-hydrogen) atoms. The molecule has 0 radical (unpaired) electrons. The second-order valence-electron chi connectivity index (χ2n) is 8.08. The smallest absolute Gasteiger partial charge is 0.244 e. The van der Waals surface area contributed by atoms with Gasteiger partial charge in [0.15, 0.2) is 0 Å². The first kappa shape index (κ1) is 18.7. The number of carbonyl (C=O) groups excluding carboxylic acids is 1. The van der Waals surface area contributed by atoms with E-state index in [1.165, 1.54) is 0 Å². The van der Waals surface area contributed by atoms with Gasteiger partial charge in [0.25, 0.3) is 0 Å². The largest absolute Gasteiger partial charge is 0.389 e. The highest BCUT2D eigenvalue weighted by Gasteiger charge is 2.52. The van der Waals surface area contributed by atoms with E-state index >= 15 is 0 Å². The Balaban J connectivity index is 1.65. The van der Waals surface area contributed by atoms with Gasteiger partial charge in [-0.2, -0.15) is 5.01 Å². The number of amides is 1. The number of fused-ring (bicyclic) bond motifs is 6. The summed E-state index contributed by atoms with van der Waals surface area (Å²) in [5.41, 5.74) is -0.578. The summed E-state index contributed by atoms with van der Waals surface area (Å²) in [4.78, 5) is 13.1. The molecule has 4 aliphatic heterocycles. The Kier molecular flexibility index (Phi) is 5.33. The van der Waals surface area contributed by atoms with Crippen LogP contribution < -0.4 is 16.0 Å². The number of carbonyl (C=O) groups is 1. The zero-order valence-corrected chi connectivity index (χ0v) is 16.5. The van der Waals surface area contributed by atoms with Crippen molar-refractivity contribution in [3.8, 4) is 0 Å². The molecule has 3 fully saturated rings. The highest BCUT2D eigenvalue weighted by molar-refractivity contribution is 7.99. The molecule has 4 N–H and O–H groups in total. The molecule has 3 saturated heterocycles. The first-order chi connectivity index (χ1) is 12.5. The molecule has 1 amide bonds. The Labute approximate surface area is 159 Å². The quantitative estimate of drug-likeness (QED) is 0.490. The monoisotopic (exact) mass is 381 g/mol. The molecule has 7 nitrogen and oxygen atoms in total. The molecule has 0 aromatic rings. The first-order valence-electron chi connectivity index (χ1n) is 9.76. The summed E-state index contributed by atoms with van der Waals surface area (Å²) in [7, 11) is 0. The summed E-state index contributed by atoms with van der Waals surface area (Å²) < 4.78 is 0. The van der Waals surface area contributed by atoms with Crippen LogP contribution in [0.3, 0.4) is 0 Å². The number of nitrogens with one attached hydrogen (secondary N) is 3. The molecule has 4 aliphatic rings. The lowest BCUT2D eigenvalue weighted by atomic mass is 9.85. The molecule has 0 aromatic heterocycles. The molecule has 6 unspecified atom stereocenters. The van der Waals surface area contributed by atoms with Crippen molar-refractivity contribution < 1.29 is 9.90 Å². The molecule has 0 aliphatic carbocycles. The zero-order chi connectivity index (χ0) is 18.3. The van der Waals surface area contributed by atoms with Gasteiger partial charge < -0.3 is 5.11 Å². The van der Waals surface area contributed by atoms with Crippen LogP contribution in [0.15, 0.2) is 12.2 Å². The number of nitrogens with zero attached hydrogens (tertiary/aromatic N) is 2. The molecule has 0 spiro atoms. The Morgan fingerprint density at radius 3 is 2.96 bits per heavy atom. The summed E-state index contributed by atoms with van der Waals surface area (Å²) in [6, 6.07) is 0.0572. The van der Waals surface area contributed by atoms with E-state index in [1.54, 1.807) is 11.8 Å². The minimum atomic E-state index is -0.731. The van der Waals surface area contributed by atoms with E-state index in [1.807, 2.05) is 11.9 Å². The SMILES string of the molecule is CSC1NCC2C(=O)N3C/C=C\CCC(C)(O)C4CCCC(N4)N3C2N1. The van der Waals surface area contributed by atoms with E-state index in [2.05, 4.69) is 39.4 Å². The van der Waals surface area contributed by atoms with E-state index in [4.69, 9.17) is 0 Å². The van der Waals surface area contributed by atoms with Crippen molar-refractivity contribution in [3.05, 3.63) is 12.2 Å². The third kappa shape index (κ3) is 3.31. The van der Waals surface area contributed by atoms with E-state index in [9.17, 15) is 9.90 Å². The highest BCUT2D eigenvalue weighted by Crippen LogP contribution is 2.34. The average Bonchev–Trinajstić information content (AvgIpc) is 2.91. The first-order valence-corrected chi connectivity index (χ1v) is 11.1. The van der Waals surface area contributed by atoms with Crippen molar-refractivity contribution in [2.24, 2.45) is 5.92 Å². The van der Waals surface area contributed by atoms with E-state index in [0.29, 0.717) is 13.1 Å². The molecule has 2 bridgehead atoms. The number of hydrazine groups is 1. The molecule has 8 heteroatoms. The lowest BCUT2D eigenvalue weighted by Crippen LogP contribution is -2.67. The van der Waals surface area contributed by atoms with Gasteiger partial charge in [0.05, 0.1) is 30.4 Å². The average molecular weight is 382 g/mol. The standard InChI is InChI=1S/C18H31N5O2S/c1-18(25)9-4-3-5-10-22-16(24)12-11-19-17(26-2)21-15(12)23(22)14-8-6-7-13(18)20-14/h3,5,12-15,17,19-21,25H,4,6-11H2,1-2H3/b5-3-. The molecule has 146 valence electrons. The van der Waals surface area contributed by atoms with Gasteiger partial charge in [-0.1, -0.05) is 12.2 Å². The second-order valence-corrected chi connectivity index (χ2v) is 9.02. The van der Waals surface area contributed by atoms with Gasteiger partial charge in [-0.15, -0.1) is 11.8 Å². The van der Waals surface area contributed by atoms with Crippen molar-refractivity contribution in [1.82, 2.24) is 26.0 Å². The van der Waals surface area contributed by atoms with Crippen molar-refractivity contribution in [2.75, 3.05) is 19.3 Å². The fourth-order valence-corrected chi connectivity index (χ4v) is 5.31. The fourth-order valence-electron chi connectivity index (χ4n) is 4.77. The van der Waals surface area contributed by atoms with Gasteiger partial charge in [0, 0.05) is 12.6 Å². The number of hydrogen-bond donors (Lipinski definition) is 4. The number of allylic oxidation sites excluding steroid dienone is 1. The van der Waals surface area contributed by atoms with Gasteiger partial charge in [-0.05, 0) is 45.3 Å². The number of aliphatic hydroxyl groups is 1. The van der Waals surface area contributed by atoms with Crippen LogP contribution in [-0.4, -0.2) is 69.8 Å². The van der Waals surface area contributed by atoms with Crippen molar-refractivity contribution in [1.29, 1.82) is 0 Å². The third-order valence-electron chi connectivity index (χ3n) is 6.29. The zero-order valence-electron chi connectivity index (χ0n) is 15.6. The minimum absolute atomic E-state index is 0.00319. The maximum Gasteiger partial charge on any atom is 0.244 e. The maximum atomic E-state index is 13.1. The summed E-state index contributed by atoms with van der Waals surface area (Å²) in [5.74, 6) is 0.117. The van der Waals surface area contributed by atoms with E-state index in [-0.39, 0.29) is 35.7 Å². The molecular formula is C18H31N5O2S. The Hall–Kier alpha value is -0.640. The number of thioether (sulfide) groups is 1. The molecular weight excluding hydrogens is 350 g/mol. The fraction of sp³-hybridized carbons (Fsp3) is 0.833. The lowest BCUT2D eigenvalue weighted by molar-refractivity contribution is -0.146. The van der Waals surface area contributed by atoms with Crippen LogP contribution in [0.5, 0.6) is 0 Å². The number of hydrogen-bond acceptors (Lipinski definition) is 7. The van der Waals surface area contributed by atoms with Crippen molar-refractivity contribution in [3.63, 3.8) is 0 Å². The van der Waals surface area contributed by atoms with Crippen LogP contribution in [0.2, 0.25) is 0 Å². The number of piperidine rings is 1. The Morgan fingerprint density at radius 2 is 2.15 bits per heavy atom. The molecule has 0 aromatic carbocycles. The predicted octanol–water partition coefficient (Wildman–Crippen LogP) is 0.397. The summed E-state index contributed by atoms with van der Waals surface area (Å²) in [6.07, 6.45) is 10.9. The van der Waals surface area contributed by atoms with E-state index in [0.717, 1.165) is 32.1 Å². The van der Waals surface area contributed by atoms with Crippen LogP contribution in [0.4, 0.5) is 0 Å². The van der Waals surface area contributed by atoms with Crippen LogP contribution in [0.1, 0.15) is 39.0 Å². The van der Waals surface area contributed by atoms with Crippen LogP contribution in [0.25, 0.3) is 0 Å². The van der Waals surface area contributed by atoms with Gasteiger partial charge in [-0.3, -0.25) is 25.8 Å². The van der Waals surface area contributed by atoms with Crippen molar-refractivity contribution in [2.45, 2.75) is 68.5 Å². The second kappa shape index (κ2) is 7.41. The van der Waals surface area contributed by atoms with Crippen LogP contribution in [-0.2, 0) is 4.79 Å². The summed E-state index contributed by atoms with van der Waals surface area (Å²) >= 11 is 1.73. The van der Waals surface area contributed by atoms with Crippen LogP contribution in [0, 0.1) is 5.92 Å². The lowest BCUT2D eigenvalue weighted by Gasteiger charge is -2.47. The predicted molar refractivity (Wildman–Crippen MR) is 103 cm³/mol. The normalized spacial score (nSPS) is 45.6. The maximum absolute atomic E-state index is 13.1. The summed E-state index contributed by atoms with van der Waals surface area (Å²) in [6.45, 7) is 3.25. The Bertz CT molecular complexity index is 572. The summed E-state index contributed by atoms with van der Waals surface area (Å²) in [5, 5.41) is 25.8. The highest BCUT2D eigenvalue weighted by atomic mass is 32.2. The third-order valence-corrected chi connectivity index (χ3v) is 7.07. The van der Waals surface area contributed by atoms with E-state index < -0.39 is 5.60 Å².